The highest BCUT2D eigenvalue weighted by Crippen LogP contribution is 2.36. The molecule has 0 radical (unpaired) electrons. The first-order valence-corrected chi connectivity index (χ1v) is 11.7. The van der Waals surface area contributed by atoms with E-state index in [0.717, 1.165) is 57.5 Å². The summed E-state index contributed by atoms with van der Waals surface area (Å²) in [6.07, 6.45) is 7.67. The number of aromatic nitrogens is 4. The highest BCUT2D eigenvalue weighted by atomic mass is 16.4. The van der Waals surface area contributed by atoms with Gasteiger partial charge in [0.2, 0.25) is 0 Å². The summed E-state index contributed by atoms with van der Waals surface area (Å²) in [5, 5.41) is 15.0. The van der Waals surface area contributed by atoms with Crippen molar-refractivity contribution in [2.75, 3.05) is 18.0 Å². The third kappa shape index (κ3) is 3.13. The van der Waals surface area contributed by atoms with Gasteiger partial charge in [0.15, 0.2) is 5.65 Å². The fraction of sp³-hybridized carbons (Fsp3) is 0.185. The molecule has 1 amide bonds. The first-order chi connectivity index (χ1) is 17.2. The van der Waals surface area contributed by atoms with Gasteiger partial charge in [-0.05, 0) is 41.8 Å². The number of hydrogen-bond donors (Lipinski definition) is 1. The normalized spacial score (nSPS) is 19.2. The molecule has 5 heterocycles. The predicted octanol–water partition coefficient (Wildman–Crippen LogP) is 4.55. The highest BCUT2D eigenvalue weighted by Gasteiger charge is 2.45. The van der Waals surface area contributed by atoms with Gasteiger partial charge in [0, 0.05) is 59.9 Å². The predicted molar refractivity (Wildman–Crippen MR) is 133 cm³/mol. The van der Waals surface area contributed by atoms with Crippen LogP contribution in [-0.4, -0.2) is 60.9 Å². The maximum absolute atomic E-state index is 11.4. The Labute approximate surface area is 201 Å². The average molecular weight is 463 g/mol. The van der Waals surface area contributed by atoms with Gasteiger partial charge in [-0.3, -0.25) is 4.98 Å². The van der Waals surface area contributed by atoms with E-state index >= 15 is 0 Å². The smallest absolute Gasteiger partial charge is 0.407 e. The molecule has 8 nitrogen and oxygen atoms in total. The van der Waals surface area contributed by atoms with Crippen molar-refractivity contribution < 1.29 is 9.90 Å². The molecule has 2 aliphatic rings. The van der Waals surface area contributed by atoms with Gasteiger partial charge in [0.05, 0.1) is 17.8 Å². The quantitative estimate of drug-likeness (QED) is 0.423. The molecule has 172 valence electrons. The number of fused-ring (bicyclic) bond motifs is 4. The number of piperazine rings is 1. The van der Waals surface area contributed by atoms with E-state index in [1.54, 1.807) is 4.90 Å². The van der Waals surface area contributed by atoms with E-state index in [0.29, 0.717) is 6.54 Å². The van der Waals surface area contributed by atoms with Gasteiger partial charge in [-0.1, -0.05) is 30.3 Å². The molecule has 0 spiro atoms. The molecule has 5 aromatic rings. The number of benzene rings is 2. The van der Waals surface area contributed by atoms with Crippen LogP contribution in [0.2, 0.25) is 0 Å². The topological polar surface area (TPSA) is 86.9 Å². The molecule has 2 unspecified atom stereocenters. The zero-order valence-electron chi connectivity index (χ0n) is 18.8. The molecule has 2 fully saturated rings. The minimum atomic E-state index is -0.811. The van der Waals surface area contributed by atoms with E-state index in [2.05, 4.69) is 45.3 Å². The standard InChI is InChI=1S/C27H22N6O2/c34-27(35)32-16-20-11-21(32)15-31(20)19-7-5-17(6-8-19)18-12-29-26-24(13-30-33(26)14-18)22-9-10-28-25-4-2-1-3-23(22)25/h1-10,12-14,20-21H,11,15-16H2,(H,34,35). The molecule has 0 saturated carbocycles. The first-order valence-electron chi connectivity index (χ1n) is 11.7. The van der Waals surface area contributed by atoms with E-state index in [-0.39, 0.29) is 12.1 Å². The summed E-state index contributed by atoms with van der Waals surface area (Å²) in [6.45, 7) is 1.33. The van der Waals surface area contributed by atoms with Gasteiger partial charge in [-0.2, -0.15) is 5.10 Å². The summed E-state index contributed by atoms with van der Waals surface area (Å²) in [6, 6.07) is 18.9. The Morgan fingerprint density at radius 3 is 2.54 bits per heavy atom. The van der Waals surface area contributed by atoms with Gasteiger partial charge in [-0.25, -0.2) is 14.3 Å². The van der Waals surface area contributed by atoms with Crippen LogP contribution in [0.25, 0.3) is 38.8 Å². The largest absolute Gasteiger partial charge is 0.465 e. The van der Waals surface area contributed by atoms with Crippen molar-refractivity contribution in [1.29, 1.82) is 0 Å². The second kappa shape index (κ2) is 7.53. The number of rotatable bonds is 3. The van der Waals surface area contributed by atoms with Gasteiger partial charge in [0.25, 0.3) is 0 Å². The molecule has 2 saturated heterocycles. The fourth-order valence-corrected chi connectivity index (χ4v) is 5.61. The Morgan fingerprint density at radius 1 is 0.886 bits per heavy atom. The Kier molecular flexibility index (Phi) is 4.29. The van der Waals surface area contributed by atoms with Gasteiger partial charge < -0.3 is 14.9 Å². The maximum Gasteiger partial charge on any atom is 0.407 e. The van der Waals surface area contributed by atoms with Gasteiger partial charge >= 0.3 is 6.09 Å². The lowest BCUT2D eigenvalue weighted by Gasteiger charge is -2.34. The zero-order valence-corrected chi connectivity index (χ0v) is 18.8. The van der Waals surface area contributed by atoms with Crippen molar-refractivity contribution in [3.63, 3.8) is 0 Å². The van der Waals surface area contributed by atoms with E-state index in [1.165, 1.54) is 0 Å². The van der Waals surface area contributed by atoms with Crippen molar-refractivity contribution in [2.45, 2.75) is 18.5 Å². The highest BCUT2D eigenvalue weighted by molar-refractivity contribution is 5.97. The number of carbonyl (C=O) groups is 1. The Hall–Kier alpha value is -4.46. The van der Waals surface area contributed by atoms with Crippen LogP contribution in [0, 0.1) is 0 Å². The van der Waals surface area contributed by atoms with E-state index in [1.807, 2.05) is 53.6 Å². The average Bonchev–Trinajstić information content (AvgIpc) is 3.62. The molecule has 0 aliphatic carbocycles. The number of likely N-dealkylation sites (tertiary alicyclic amines) is 1. The van der Waals surface area contributed by atoms with Crippen LogP contribution in [0.15, 0.2) is 79.4 Å². The lowest BCUT2D eigenvalue weighted by molar-refractivity contribution is 0.137. The number of carboxylic acid groups (broad SMARTS) is 1. The van der Waals surface area contributed by atoms with Gasteiger partial charge in [-0.15, -0.1) is 0 Å². The number of hydrogen-bond acceptors (Lipinski definition) is 5. The van der Waals surface area contributed by atoms with E-state index < -0.39 is 6.09 Å². The summed E-state index contributed by atoms with van der Waals surface area (Å²) < 4.78 is 1.83. The van der Waals surface area contributed by atoms with Crippen LogP contribution in [0.1, 0.15) is 6.42 Å². The molecule has 2 atom stereocenters. The molecule has 2 bridgehead atoms. The van der Waals surface area contributed by atoms with Crippen LogP contribution in [0.3, 0.4) is 0 Å². The first kappa shape index (κ1) is 20.0. The third-order valence-corrected chi connectivity index (χ3v) is 7.31. The van der Waals surface area contributed by atoms with Crippen LogP contribution in [0.5, 0.6) is 0 Å². The van der Waals surface area contributed by atoms with Crippen LogP contribution in [-0.2, 0) is 0 Å². The maximum atomic E-state index is 11.4. The summed E-state index contributed by atoms with van der Waals surface area (Å²) in [4.78, 5) is 24.5. The molecule has 7 rings (SSSR count). The minimum Gasteiger partial charge on any atom is -0.465 e. The Morgan fingerprint density at radius 2 is 1.74 bits per heavy atom. The van der Waals surface area contributed by atoms with Crippen LogP contribution >= 0.6 is 0 Å². The number of para-hydroxylation sites is 1. The number of pyridine rings is 1. The zero-order chi connectivity index (χ0) is 23.5. The van der Waals surface area contributed by atoms with Crippen LogP contribution < -0.4 is 4.90 Å². The van der Waals surface area contributed by atoms with E-state index in [4.69, 9.17) is 4.98 Å². The number of amides is 1. The molecule has 2 aromatic carbocycles. The third-order valence-electron chi connectivity index (χ3n) is 7.31. The monoisotopic (exact) mass is 462 g/mol. The Balaban J connectivity index is 1.17. The molecule has 2 aliphatic heterocycles. The van der Waals surface area contributed by atoms with Crippen molar-refractivity contribution >= 4 is 28.3 Å². The van der Waals surface area contributed by atoms with Crippen molar-refractivity contribution in [3.05, 3.63) is 79.4 Å². The molecule has 3 aromatic heterocycles. The minimum absolute atomic E-state index is 0.0929. The Bertz CT molecular complexity index is 1590. The molecular weight excluding hydrogens is 440 g/mol. The second-order valence-electron chi connectivity index (χ2n) is 9.22. The second-order valence-corrected chi connectivity index (χ2v) is 9.22. The van der Waals surface area contributed by atoms with Crippen molar-refractivity contribution in [2.24, 2.45) is 0 Å². The lowest BCUT2D eigenvalue weighted by atomic mass is 10.0. The molecule has 1 N–H and O–H groups in total. The van der Waals surface area contributed by atoms with E-state index in [9.17, 15) is 9.90 Å². The lowest BCUT2D eigenvalue weighted by Crippen LogP contribution is -2.48. The summed E-state index contributed by atoms with van der Waals surface area (Å²) in [5.41, 5.74) is 6.97. The summed E-state index contributed by atoms with van der Waals surface area (Å²) >= 11 is 0. The molecule has 35 heavy (non-hydrogen) atoms. The molecular formula is C27H22N6O2. The number of anilines is 1. The van der Waals surface area contributed by atoms with Crippen LogP contribution in [0.4, 0.5) is 10.5 Å². The fourth-order valence-electron chi connectivity index (χ4n) is 5.61. The number of nitrogens with zero attached hydrogens (tertiary/aromatic N) is 6. The molecule has 8 heteroatoms. The van der Waals surface area contributed by atoms with Crippen molar-refractivity contribution in [3.8, 4) is 22.3 Å². The van der Waals surface area contributed by atoms with Gasteiger partial charge in [0.1, 0.15) is 0 Å². The summed E-state index contributed by atoms with van der Waals surface area (Å²) in [5.74, 6) is 0. The van der Waals surface area contributed by atoms with Crippen molar-refractivity contribution in [1.82, 2.24) is 24.5 Å². The summed E-state index contributed by atoms with van der Waals surface area (Å²) in [7, 11) is 0. The SMILES string of the molecule is O=C(O)N1CC2CC1CN2c1ccc(-c2cnc3c(-c4ccnc5ccccc45)cnn3c2)cc1.